The van der Waals surface area contributed by atoms with Gasteiger partial charge < -0.3 is 9.47 Å². The van der Waals surface area contributed by atoms with Crippen molar-refractivity contribution >= 4 is 11.7 Å². The van der Waals surface area contributed by atoms with E-state index in [1.807, 2.05) is 0 Å². The quantitative estimate of drug-likeness (QED) is 0.488. The molecular weight excluding hydrogens is 276 g/mol. The fourth-order valence-corrected chi connectivity index (χ4v) is 1.71. The third-order valence-electron chi connectivity index (χ3n) is 2.71. The number of ether oxygens (including phenoxy) is 2. The van der Waals surface area contributed by atoms with E-state index in [0.717, 1.165) is 0 Å². The zero-order valence-electron chi connectivity index (χ0n) is 11.4. The minimum Gasteiger partial charge on any atom is -0.465 e. The van der Waals surface area contributed by atoms with E-state index in [1.54, 1.807) is 18.2 Å². The molecule has 1 aromatic heterocycles. The Balaban J connectivity index is 2.24. The van der Waals surface area contributed by atoms with Crippen molar-refractivity contribution in [2.75, 3.05) is 7.11 Å². The second kappa shape index (κ2) is 6.00. The molecule has 0 bridgehead atoms. The van der Waals surface area contributed by atoms with Crippen LogP contribution in [-0.2, 0) is 4.74 Å². The Labute approximate surface area is 120 Å². The van der Waals surface area contributed by atoms with Crippen molar-refractivity contribution in [3.05, 3.63) is 57.8 Å². The molecule has 7 heteroatoms. The van der Waals surface area contributed by atoms with Gasteiger partial charge in [0.1, 0.15) is 11.4 Å². The molecule has 2 rings (SSSR count). The van der Waals surface area contributed by atoms with Crippen LogP contribution in [0.5, 0.6) is 11.6 Å². The van der Waals surface area contributed by atoms with Gasteiger partial charge in [-0.25, -0.2) is 9.78 Å². The predicted molar refractivity (Wildman–Crippen MR) is 73.5 cm³/mol. The second-order valence-corrected chi connectivity index (χ2v) is 4.13. The summed E-state index contributed by atoms with van der Waals surface area (Å²) >= 11 is 0. The lowest BCUT2D eigenvalue weighted by Gasteiger charge is -2.07. The maximum atomic E-state index is 11.4. The van der Waals surface area contributed by atoms with Crippen molar-refractivity contribution < 1.29 is 19.2 Å². The van der Waals surface area contributed by atoms with Gasteiger partial charge in [0.25, 0.3) is 5.69 Å². The Hall–Kier alpha value is -2.96. The van der Waals surface area contributed by atoms with E-state index < -0.39 is 10.9 Å². The molecule has 0 saturated heterocycles. The van der Waals surface area contributed by atoms with Crippen molar-refractivity contribution in [2.45, 2.75) is 6.92 Å². The van der Waals surface area contributed by atoms with Gasteiger partial charge in [0, 0.05) is 12.1 Å². The molecule has 1 heterocycles. The Bertz CT molecular complexity index is 700. The topological polar surface area (TPSA) is 91.6 Å². The molecule has 0 N–H and O–H groups in total. The minimum absolute atomic E-state index is 0.0781. The predicted octanol–water partition coefficient (Wildman–Crippen LogP) is 2.88. The zero-order chi connectivity index (χ0) is 15.4. The first-order valence-electron chi connectivity index (χ1n) is 5.99. The molecule has 7 nitrogen and oxygen atoms in total. The fourth-order valence-electron chi connectivity index (χ4n) is 1.71. The monoisotopic (exact) mass is 288 g/mol. The van der Waals surface area contributed by atoms with Crippen molar-refractivity contribution in [3.8, 4) is 11.6 Å². The van der Waals surface area contributed by atoms with Gasteiger partial charge in [0.05, 0.1) is 17.6 Å². The summed E-state index contributed by atoms with van der Waals surface area (Å²) in [5, 5.41) is 10.7. The van der Waals surface area contributed by atoms with Gasteiger partial charge in [-0.05, 0) is 25.1 Å². The molecule has 0 aliphatic carbocycles. The molecule has 2 aromatic rings. The molecule has 0 aliphatic heterocycles. The molecule has 0 amide bonds. The van der Waals surface area contributed by atoms with Gasteiger partial charge >= 0.3 is 5.97 Å². The van der Waals surface area contributed by atoms with Crippen LogP contribution >= 0.6 is 0 Å². The van der Waals surface area contributed by atoms with Gasteiger partial charge in [-0.15, -0.1) is 0 Å². The van der Waals surface area contributed by atoms with Crippen LogP contribution in [0.3, 0.4) is 0 Å². The number of aryl methyl sites for hydroxylation is 1. The largest absolute Gasteiger partial charge is 0.465 e. The lowest BCUT2D eigenvalue weighted by atomic mass is 10.2. The summed E-state index contributed by atoms with van der Waals surface area (Å²) in [5.41, 5.74) is 0.515. The lowest BCUT2D eigenvalue weighted by molar-refractivity contribution is -0.385. The Kier molecular flexibility index (Phi) is 4.13. The number of rotatable bonds is 4. The number of carbonyl (C=O) groups excluding carboxylic acids is 1. The maximum Gasteiger partial charge on any atom is 0.337 e. The number of aromatic nitrogens is 1. The van der Waals surface area contributed by atoms with Crippen LogP contribution in [0, 0.1) is 17.0 Å². The Morgan fingerprint density at radius 1 is 1.29 bits per heavy atom. The van der Waals surface area contributed by atoms with Gasteiger partial charge in [-0.1, -0.05) is 6.07 Å². The number of benzene rings is 1. The van der Waals surface area contributed by atoms with E-state index in [9.17, 15) is 14.9 Å². The molecule has 0 aliphatic rings. The first-order valence-corrected chi connectivity index (χ1v) is 5.99. The van der Waals surface area contributed by atoms with Crippen LogP contribution in [0.15, 0.2) is 36.4 Å². The van der Waals surface area contributed by atoms with Crippen molar-refractivity contribution in [1.82, 2.24) is 4.98 Å². The first-order chi connectivity index (χ1) is 10.0. The van der Waals surface area contributed by atoms with Crippen molar-refractivity contribution in [3.63, 3.8) is 0 Å². The van der Waals surface area contributed by atoms with Crippen LogP contribution in [0.4, 0.5) is 5.69 Å². The number of nitro groups is 1. The van der Waals surface area contributed by atoms with Crippen LogP contribution in [-0.4, -0.2) is 23.0 Å². The van der Waals surface area contributed by atoms with Crippen LogP contribution < -0.4 is 4.74 Å². The number of hydrogen-bond donors (Lipinski definition) is 0. The fraction of sp³-hybridized carbons (Fsp3) is 0.143. The van der Waals surface area contributed by atoms with Gasteiger partial charge in [0.2, 0.25) is 5.88 Å². The average Bonchev–Trinajstić information content (AvgIpc) is 2.46. The van der Waals surface area contributed by atoms with Crippen LogP contribution in [0.25, 0.3) is 0 Å². The number of methoxy groups -OCH3 is 1. The summed E-state index contributed by atoms with van der Waals surface area (Å²) in [4.78, 5) is 25.6. The third-order valence-corrected chi connectivity index (χ3v) is 2.71. The van der Waals surface area contributed by atoms with Crippen LogP contribution in [0.1, 0.15) is 16.1 Å². The SMILES string of the molecule is COC(=O)c1cccc(Oc2ccc([N+](=O)[O-])c(C)n2)c1. The molecule has 108 valence electrons. The standard InChI is InChI=1S/C14H12N2O5/c1-9-12(16(18)19)6-7-13(15-9)21-11-5-3-4-10(8-11)14(17)20-2/h3-8H,1-2H3. The smallest absolute Gasteiger partial charge is 0.337 e. The summed E-state index contributed by atoms with van der Waals surface area (Å²) < 4.78 is 10.1. The summed E-state index contributed by atoms with van der Waals surface area (Å²) in [5.74, 6) is 0.118. The van der Waals surface area contributed by atoms with Crippen molar-refractivity contribution in [2.24, 2.45) is 0 Å². The average molecular weight is 288 g/mol. The highest BCUT2D eigenvalue weighted by atomic mass is 16.6. The molecule has 0 fully saturated rings. The zero-order valence-corrected chi connectivity index (χ0v) is 11.4. The molecule has 1 aromatic carbocycles. The summed E-state index contributed by atoms with van der Waals surface area (Å²) in [7, 11) is 1.29. The lowest BCUT2D eigenvalue weighted by Crippen LogP contribution is -2.01. The molecule has 0 unspecified atom stereocenters. The molecule has 0 spiro atoms. The number of nitrogens with zero attached hydrogens (tertiary/aromatic N) is 2. The van der Waals surface area contributed by atoms with Gasteiger partial charge in [-0.3, -0.25) is 10.1 Å². The highest BCUT2D eigenvalue weighted by Crippen LogP contribution is 2.24. The van der Waals surface area contributed by atoms with E-state index >= 15 is 0 Å². The van der Waals surface area contributed by atoms with E-state index in [-0.39, 0.29) is 17.3 Å². The van der Waals surface area contributed by atoms with Crippen molar-refractivity contribution in [1.29, 1.82) is 0 Å². The van der Waals surface area contributed by atoms with E-state index in [1.165, 1.54) is 32.2 Å². The Morgan fingerprint density at radius 3 is 2.67 bits per heavy atom. The van der Waals surface area contributed by atoms with Gasteiger partial charge in [0.15, 0.2) is 0 Å². The number of hydrogen-bond acceptors (Lipinski definition) is 6. The Morgan fingerprint density at radius 2 is 2.05 bits per heavy atom. The maximum absolute atomic E-state index is 11.4. The molecule has 21 heavy (non-hydrogen) atoms. The third kappa shape index (κ3) is 3.33. The van der Waals surface area contributed by atoms with E-state index in [4.69, 9.17) is 4.74 Å². The minimum atomic E-state index is -0.510. The van der Waals surface area contributed by atoms with E-state index in [2.05, 4.69) is 9.72 Å². The number of carbonyl (C=O) groups is 1. The summed E-state index contributed by atoms with van der Waals surface area (Å²) in [6, 6.07) is 9.10. The van der Waals surface area contributed by atoms with Gasteiger partial charge in [-0.2, -0.15) is 0 Å². The summed E-state index contributed by atoms with van der Waals surface area (Å²) in [6.07, 6.45) is 0. The molecule has 0 radical (unpaired) electrons. The molecular formula is C14H12N2O5. The number of esters is 1. The highest BCUT2D eigenvalue weighted by Gasteiger charge is 2.13. The second-order valence-electron chi connectivity index (χ2n) is 4.13. The molecule has 0 saturated carbocycles. The normalized spacial score (nSPS) is 10.0. The highest BCUT2D eigenvalue weighted by molar-refractivity contribution is 5.89. The van der Waals surface area contributed by atoms with E-state index in [0.29, 0.717) is 11.3 Å². The van der Waals surface area contributed by atoms with Crippen LogP contribution in [0.2, 0.25) is 0 Å². The first kappa shape index (κ1) is 14.4. The summed E-state index contributed by atoms with van der Waals surface area (Å²) in [6.45, 7) is 1.52. The molecule has 0 atom stereocenters. The number of pyridine rings is 1.